The summed E-state index contributed by atoms with van der Waals surface area (Å²) < 4.78 is 0. The van der Waals surface area contributed by atoms with Gasteiger partial charge in [-0.3, -0.25) is 0 Å². The molecule has 17 heavy (non-hydrogen) atoms. The minimum Gasteiger partial charge on any atom is -0.308 e. The molecular formula is C15H23NS. The Morgan fingerprint density at radius 3 is 2.29 bits per heavy atom. The Labute approximate surface area is 109 Å². The molecule has 2 rings (SSSR count). The Bertz CT molecular complexity index is 356. The monoisotopic (exact) mass is 249 g/mol. The first-order chi connectivity index (χ1) is 7.97. The Hall–Kier alpha value is -0.470. The number of rotatable bonds is 1. The second-order valence-electron chi connectivity index (χ2n) is 5.98. The van der Waals surface area contributed by atoms with Gasteiger partial charge >= 0.3 is 0 Å². The molecule has 1 nitrogen and oxygen atoms in total. The lowest BCUT2D eigenvalue weighted by molar-refractivity contribution is 0.560. The Morgan fingerprint density at radius 2 is 1.82 bits per heavy atom. The first-order valence-corrected chi connectivity index (χ1v) is 7.47. The van der Waals surface area contributed by atoms with Crippen molar-refractivity contribution in [2.45, 2.75) is 44.4 Å². The first-order valence-electron chi connectivity index (χ1n) is 6.42. The number of thioether (sulfide) groups is 1. The van der Waals surface area contributed by atoms with Gasteiger partial charge in [0.25, 0.3) is 0 Å². The van der Waals surface area contributed by atoms with Gasteiger partial charge in [0.1, 0.15) is 0 Å². The van der Waals surface area contributed by atoms with Crippen LogP contribution in [0.1, 0.15) is 44.9 Å². The Kier molecular flexibility index (Phi) is 3.84. The molecular weight excluding hydrogens is 226 g/mol. The van der Waals surface area contributed by atoms with E-state index in [1.807, 2.05) is 0 Å². The normalized spacial score (nSPS) is 25.9. The minimum atomic E-state index is 0.252. The molecule has 1 saturated heterocycles. The molecule has 0 saturated carbocycles. The van der Waals surface area contributed by atoms with E-state index in [0.717, 1.165) is 11.8 Å². The van der Waals surface area contributed by atoms with Crippen molar-refractivity contribution in [3.05, 3.63) is 35.4 Å². The van der Waals surface area contributed by atoms with Gasteiger partial charge in [0, 0.05) is 23.6 Å². The summed E-state index contributed by atoms with van der Waals surface area (Å²) in [7, 11) is 0. The van der Waals surface area contributed by atoms with Crippen molar-refractivity contribution in [2.75, 3.05) is 12.3 Å². The number of hydrogen-bond donors (Lipinski definition) is 1. The maximum atomic E-state index is 3.62. The van der Waals surface area contributed by atoms with Gasteiger partial charge in [0.05, 0.1) is 0 Å². The van der Waals surface area contributed by atoms with Crippen LogP contribution in [0.5, 0.6) is 0 Å². The van der Waals surface area contributed by atoms with E-state index in [9.17, 15) is 0 Å². The van der Waals surface area contributed by atoms with E-state index >= 15 is 0 Å². The summed E-state index contributed by atoms with van der Waals surface area (Å²) in [6.45, 7) is 10.2. The third-order valence-electron chi connectivity index (χ3n) is 3.38. The second-order valence-corrected chi connectivity index (χ2v) is 7.45. The summed E-state index contributed by atoms with van der Waals surface area (Å²) in [6.07, 6.45) is 0. The van der Waals surface area contributed by atoms with Gasteiger partial charge in [-0.25, -0.2) is 0 Å². The molecule has 2 heteroatoms. The lowest BCUT2D eigenvalue weighted by Gasteiger charge is -2.28. The molecule has 0 bridgehead atoms. The molecule has 94 valence electrons. The SMILES string of the molecule is CC1CNC(c2ccc(C(C)(C)C)cc2)CS1. The Morgan fingerprint density at radius 1 is 1.18 bits per heavy atom. The average molecular weight is 249 g/mol. The molecule has 1 aromatic carbocycles. The van der Waals surface area contributed by atoms with Crippen molar-refractivity contribution < 1.29 is 0 Å². The topological polar surface area (TPSA) is 12.0 Å². The van der Waals surface area contributed by atoms with Gasteiger partial charge < -0.3 is 5.32 Å². The van der Waals surface area contributed by atoms with Gasteiger partial charge in [-0.1, -0.05) is 52.0 Å². The largest absolute Gasteiger partial charge is 0.308 e. The molecule has 1 fully saturated rings. The quantitative estimate of drug-likeness (QED) is 0.813. The average Bonchev–Trinajstić information content (AvgIpc) is 2.29. The van der Waals surface area contributed by atoms with Crippen LogP contribution in [0.15, 0.2) is 24.3 Å². The maximum Gasteiger partial charge on any atom is 0.0412 e. The summed E-state index contributed by atoms with van der Waals surface area (Å²) >= 11 is 2.07. The lowest BCUT2D eigenvalue weighted by Crippen LogP contribution is -2.34. The molecule has 2 unspecified atom stereocenters. The lowest BCUT2D eigenvalue weighted by atomic mass is 9.86. The third kappa shape index (κ3) is 3.26. The highest BCUT2D eigenvalue weighted by atomic mass is 32.2. The summed E-state index contributed by atoms with van der Waals surface area (Å²) in [6, 6.07) is 9.66. The van der Waals surface area contributed by atoms with Crippen LogP contribution < -0.4 is 5.32 Å². The predicted molar refractivity (Wildman–Crippen MR) is 77.8 cm³/mol. The van der Waals surface area contributed by atoms with E-state index in [-0.39, 0.29) is 5.41 Å². The molecule has 1 N–H and O–H groups in total. The summed E-state index contributed by atoms with van der Waals surface area (Å²) in [4.78, 5) is 0. The van der Waals surface area contributed by atoms with Crippen LogP contribution in [0.3, 0.4) is 0 Å². The molecule has 0 aliphatic carbocycles. The summed E-state index contributed by atoms with van der Waals surface area (Å²) in [5.74, 6) is 1.19. The molecule has 1 heterocycles. The highest BCUT2D eigenvalue weighted by Gasteiger charge is 2.20. The van der Waals surface area contributed by atoms with Gasteiger partial charge in [0.15, 0.2) is 0 Å². The molecule has 1 aliphatic heterocycles. The zero-order valence-corrected chi connectivity index (χ0v) is 12.1. The third-order valence-corrected chi connectivity index (χ3v) is 4.64. The van der Waals surface area contributed by atoms with Crippen molar-refractivity contribution in [3.8, 4) is 0 Å². The van der Waals surface area contributed by atoms with E-state index in [1.54, 1.807) is 0 Å². The van der Waals surface area contributed by atoms with Crippen molar-refractivity contribution in [3.63, 3.8) is 0 Å². The first kappa shape index (κ1) is 13.0. The van der Waals surface area contributed by atoms with Crippen LogP contribution in [-0.4, -0.2) is 17.5 Å². The van der Waals surface area contributed by atoms with Gasteiger partial charge in [-0.15, -0.1) is 0 Å². The molecule has 0 spiro atoms. The molecule has 0 radical (unpaired) electrons. The van der Waals surface area contributed by atoms with Crippen LogP contribution >= 0.6 is 11.8 Å². The Balaban J connectivity index is 2.08. The van der Waals surface area contributed by atoms with Crippen molar-refractivity contribution >= 4 is 11.8 Å². The fourth-order valence-corrected chi connectivity index (χ4v) is 3.16. The molecule has 2 atom stereocenters. The van der Waals surface area contributed by atoms with Gasteiger partial charge in [-0.05, 0) is 16.5 Å². The second kappa shape index (κ2) is 5.03. The fourth-order valence-electron chi connectivity index (χ4n) is 2.12. The van der Waals surface area contributed by atoms with E-state index in [0.29, 0.717) is 6.04 Å². The molecule has 0 amide bonds. The zero-order chi connectivity index (χ0) is 12.5. The van der Waals surface area contributed by atoms with Crippen LogP contribution in [0, 0.1) is 0 Å². The van der Waals surface area contributed by atoms with Crippen molar-refractivity contribution in [1.29, 1.82) is 0 Å². The highest BCUT2D eigenvalue weighted by molar-refractivity contribution is 8.00. The summed E-state index contributed by atoms with van der Waals surface area (Å²) in [5, 5.41) is 4.37. The van der Waals surface area contributed by atoms with Gasteiger partial charge in [0.2, 0.25) is 0 Å². The predicted octanol–water partition coefficient (Wildman–Crippen LogP) is 3.75. The number of hydrogen-bond acceptors (Lipinski definition) is 2. The van der Waals surface area contributed by atoms with Crippen LogP contribution in [-0.2, 0) is 5.41 Å². The maximum absolute atomic E-state index is 3.62. The van der Waals surface area contributed by atoms with Gasteiger partial charge in [-0.2, -0.15) is 11.8 Å². The van der Waals surface area contributed by atoms with Crippen LogP contribution in [0.2, 0.25) is 0 Å². The zero-order valence-electron chi connectivity index (χ0n) is 11.3. The van der Waals surface area contributed by atoms with E-state index < -0.39 is 0 Å². The van der Waals surface area contributed by atoms with E-state index in [1.165, 1.54) is 16.9 Å². The molecule has 0 aromatic heterocycles. The van der Waals surface area contributed by atoms with E-state index in [4.69, 9.17) is 0 Å². The number of benzene rings is 1. The highest BCUT2D eigenvalue weighted by Crippen LogP contribution is 2.28. The van der Waals surface area contributed by atoms with Crippen LogP contribution in [0.25, 0.3) is 0 Å². The fraction of sp³-hybridized carbons (Fsp3) is 0.600. The minimum absolute atomic E-state index is 0.252. The summed E-state index contributed by atoms with van der Waals surface area (Å²) in [5.41, 5.74) is 3.09. The molecule has 1 aliphatic rings. The van der Waals surface area contributed by atoms with Crippen molar-refractivity contribution in [2.24, 2.45) is 0 Å². The van der Waals surface area contributed by atoms with Crippen LogP contribution in [0.4, 0.5) is 0 Å². The molecule has 1 aromatic rings. The number of nitrogens with one attached hydrogen (secondary N) is 1. The standard InChI is InChI=1S/C15H23NS/c1-11-9-16-14(10-17-11)12-5-7-13(8-6-12)15(2,3)4/h5-8,11,14,16H,9-10H2,1-4H3. The van der Waals surface area contributed by atoms with Crippen molar-refractivity contribution in [1.82, 2.24) is 5.32 Å². The smallest absolute Gasteiger partial charge is 0.0412 e. The van der Waals surface area contributed by atoms with E-state index in [2.05, 4.69) is 69.0 Å².